The van der Waals surface area contributed by atoms with E-state index in [1.54, 1.807) is 6.07 Å². The molecule has 1 unspecified atom stereocenters. The van der Waals surface area contributed by atoms with E-state index in [1.165, 1.54) is 12.1 Å². The Kier molecular flexibility index (Phi) is 5.20. The average Bonchev–Trinajstić information content (AvgIpc) is 2.31. The second-order valence-electron chi connectivity index (χ2n) is 3.81. The lowest BCUT2D eigenvalue weighted by Crippen LogP contribution is -2.33. The number of terminal acetylenes is 1. The van der Waals surface area contributed by atoms with Gasteiger partial charge in [0.05, 0.1) is 10.9 Å². The van der Waals surface area contributed by atoms with Crippen LogP contribution in [0.2, 0.25) is 0 Å². The Morgan fingerprint density at radius 2 is 2.22 bits per heavy atom. The molecule has 0 aliphatic rings. The lowest BCUT2D eigenvalue weighted by Gasteiger charge is -2.13. The van der Waals surface area contributed by atoms with E-state index in [0.717, 1.165) is 6.42 Å². The predicted octanol–water partition coefficient (Wildman–Crippen LogP) is 2.11. The highest BCUT2D eigenvalue weighted by Crippen LogP contribution is 2.22. The van der Waals surface area contributed by atoms with Crippen LogP contribution < -0.4 is 10.5 Å². The highest BCUT2D eigenvalue weighted by Gasteiger charge is 2.18. The fourth-order valence-electron chi connectivity index (χ4n) is 1.41. The van der Waals surface area contributed by atoms with Crippen molar-refractivity contribution in [3.63, 3.8) is 0 Å². The summed E-state index contributed by atoms with van der Waals surface area (Å²) in [6, 6.07) is 3.97. The molecule has 1 aromatic rings. The third-order valence-electron chi connectivity index (χ3n) is 2.35. The number of rotatable bonds is 5. The molecule has 6 heteroatoms. The molecule has 1 rings (SSSR count). The summed E-state index contributed by atoms with van der Waals surface area (Å²) in [5.41, 5.74) is 6.03. The Morgan fingerprint density at radius 3 is 2.72 bits per heavy atom. The first kappa shape index (κ1) is 15.0. The predicted molar refractivity (Wildman–Crippen MR) is 76.4 cm³/mol. The molecular formula is C12H15BrN2O2S. The summed E-state index contributed by atoms with van der Waals surface area (Å²) in [5.74, 6) is 2.42. The summed E-state index contributed by atoms with van der Waals surface area (Å²) < 4.78 is 27.3. The highest BCUT2D eigenvalue weighted by atomic mass is 79.9. The van der Waals surface area contributed by atoms with Gasteiger partial charge in [-0.25, -0.2) is 8.42 Å². The topological polar surface area (TPSA) is 72.2 Å². The standard InChI is InChI=1S/C12H15BrN2O2S/c1-3-5-9(4-2)15-18(16,17)10-6-7-11(13)12(14)8-10/h2,6-9,15H,3,5,14H2,1H3. The first-order chi connectivity index (χ1) is 8.40. The van der Waals surface area contributed by atoms with E-state index >= 15 is 0 Å². The number of benzene rings is 1. The molecule has 1 aromatic carbocycles. The van der Waals surface area contributed by atoms with Gasteiger partial charge in [-0.2, -0.15) is 4.72 Å². The van der Waals surface area contributed by atoms with Crippen LogP contribution in [0.5, 0.6) is 0 Å². The van der Waals surface area contributed by atoms with E-state index in [9.17, 15) is 8.42 Å². The maximum Gasteiger partial charge on any atom is 0.241 e. The molecule has 0 heterocycles. The van der Waals surface area contributed by atoms with E-state index in [-0.39, 0.29) is 4.90 Å². The minimum Gasteiger partial charge on any atom is -0.398 e. The average molecular weight is 331 g/mol. The Bertz CT molecular complexity index is 564. The highest BCUT2D eigenvalue weighted by molar-refractivity contribution is 9.10. The number of anilines is 1. The van der Waals surface area contributed by atoms with Crippen molar-refractivity contribution in [1.82, 2.24) is 4.72 Å². The summed E-state index contributed by atoms with van der Waals surface area (Å²) in [4.78, 5) is 0.111. The van der Waals surface area contributed by atoms with Crippen LogP contribution in [0.15, 0.2) is 27.6 Å². The van der Waals surface area contributed by atoms with Crippen LogP contribution in [-0.2, 0) is 10.0 Å². The van der Waals surface area contributed by atoms with Crippen molar-refractivity contribution in [2.75, 3.05) is 5.73 Å². The van der Waals surface area contributed by atoms with Crippen LogP contribution >= 0.6 is 15.9 Å². The maximum absolute atomic E-state index is 12.1. The van der Waals surface area contributed by atoms with Gasteiger partial charge in [0.1, 0.15) is 0 Å². The lowest BCUT2D eigenvalue weighted by atomic mass is 10.2. The van der Waals surface area contributed by atoms with Crippen LogP contribution in [-0.4, -0.2) is 14.5 Å². The number of halogens is 1. The zero-order valence-electron chi connectivity index (χ0n) is 9.98. The van der Waals surface area contributed by atoms with Gasteiger partial charge < -0.3 is 5.73 Å². The first-order valence-electron chi connectivity index (χ1n) is 5.44. The van der Waals surface area contributed by atoms with Crippen LogP contribution in [0, 0.1) is 12.3 Å². The number of nitrogens with two attached hydrogens (primary N) is 1. The molecule has 0 bridgehead atoms. The number of nitrogen functional groups attached to an aromatic ring is 1. The second-order valence-corrected chi connectivity index (χ2v) is 6.38. The van der Waals surface area contributed by atoms with Crippen molar-refractivity contribution in [1.29, 1.82) is 0 Å². The normalized spacial score (nSPS) is 12.9. The molecule has 0 saturated carbocycles. The molecule has 0 spiro atoms. The van der Waals surface area contributed by atoms with Gasteiger partial charge >= 0.3 is 0 Å². The monoisotopic (exact) mass is 330 g/mol. The Labute approximate surface area is 116 Å². The zero-order valence-corrected chi connectivity index (χ0v) is 12.4. The van der Waals surface area contributed by atoms with Gasteiger partial charge in [0.2, 0.25) is 10.0 Å². The number of sulfonamides is 1. The number of hydrogen-bond acceptors (Lipinski definition) is 3. The fraction of sp³-hybridized carbons (Fsp3) is 0.333. The van der Waals surface area contributed by atoms with Crippen LogP contribution in [0.25, 0.3) is 0 Å². The molecule has 1 atom stereocenters. The quantitative estimate of drug-likeness (QED) is 0.641. The molecule has 0 saturated heterocycles. The summed E-state index contributed by atoms with van der Waals surface area (Å²) in [7, 11) is -3.63. The van der Waals surface area contributed by atoms with E-state index in [4.69, 9.17) is 12.2 Å². The van der Waals surface area contributed by atoms with Crippen molar-refractivity contribution in [3.05, 3.63) is 22.7 Å². The van der Waals surface area contributed by atoms with Gasteiger partial charge in [-0.3, -0.25) is 0 Å². The van der Waals surface area contributed by atoms with Crippen molar-refractivity contribution in [2.24, 2.45) is 0 Å². The summed E-state index contributed by atoms with van der Waals surface area (Å²) in [5, 5.41) is 0. The Hall–Kier alpha value is -1.03. The smallest absolute Gasteiger partial charge is 0.241 e. The minimum atomic E-state index is -3.63. The van der Waals surface area contributed by atoms with E-state index in [0.29, 0.717) is 16.6 Å². The fourth-order valence-corrected chi connectivity index (χ4v) is 2.88. The summed E-state index contributed by atoms with van der Waals surface area (Å²) in [6.45, 7) is 1.94. The van der Waals surface area contributed by atoms with E-state index in [1.807, 2.05) is 6.92 Å². The first-order valence-corrected chi connectivity index (χ1v) is 7.71. The van der Waals surface area contributed by atoms with Crippen molar-refractivity contribution in [3.8, 4) is 12.3 Å². The maximum atomic E-state index is 12.1. The van der Waals surface area contributed by atoms with Gasteiger partial charge in [-0.1, -0.05) is 19.3 Å². The second kappa shape index (κ2) is 6.23. The molecule has 4 nitrogen and oxygen atoms in total. The van der Waals surface area contributed by atoms with Gasteiger partial charge in [-0.15, -0.1) is 6.42 Å². The van der Waals surface area contributed by atoms with Crippen LogP contribution in [0.3, 0.4) is 0 Å². The molecule has 0 aliphatic carbocycles. The van der Waals surface area contributed by atoms with Gasteiger partial charge in [0.25, 0.3) is 0 Å². The zero-order chi connectivity index (χ0) is 13.8. The van der Waals surface area contributed by atoms with Gasteiger partial charge in [0.15, 0.2) is 0 Å². The Balaban J connectivity index is 2.99. The molecule has 0 radical (unpaired) electrons. The van der Waals surface area contributed by atoms with E-state index in [2.05, 4.69) is 26.6 Å². The summed E-state index contributed by atoms with van der Waals surface area (Å²) in [6.07, 6.45) is 6.69. The third-order valence-corrected chi connectivity index (χ3v) is 4.55. The third kappa shape index (κ3) is 3.73. The molecule has 0 aliphatic heterocycles. The van der Waals surface area contributed by atoms with Crippen molar-refractivity contribution in [2.45, 2.75) is 30.7 Å². The number of hydrogen-bond donors (Lipinski definition) is 2. The SMILES string of the molecule is C#CC(CCC)NS(=O)(=O)c1ccc(Br)c(N)c1. The molecular weight excluding hydrogens is 316 g/mol. The van der Waals surface area contributed by atoms with Crippen LogP contribution in [0.1, 0.15) is 19.8 Å². The number of nitrogens with one attached hydrogen (secondary N) is 1. The van der Waals surface area contributed by atoms with Crippen molar-refractivity contribution < 1.29 is 8.42 Å². The van der Waals surface area contributed by atoms with Gasteiger partial charge in [-0.05, 0) is 40.5 Å². The van der Waals surface area contributed by atoms with E-state index < -0.39 is 16.1 Å². The minimum absolute atomic E-state index is 0.111. The molecule has 0 fully saturated rings. The molecule has 0 amide bonds. The lowest BCUT2D eigenvalue weighted by molar-refractivity contribution is 0.564. The largest absolute Gasteiger partial charge is 0.398 e. The molecule has 3 N–H and O–H groups in total. The molecule has 0 aromatic heterocycles. The van der Waals surface area contributed by atoms with Gasteiger partial charge in [0, 0.05) is 10.2 Å². The Morgan fingerprint density at radius 1 is 1.56 bits per heavy atom. The molecule has 98 valence electrons. The van der Waals surface area contributed by atoms with Crippen LogP contribution in [0.4, 0.5) is 5.69 Å². The van der Waals surface area contributed by atoms with Crippen molar-refractivity contribution >= 4 is 31.6 Å². The molecule has 18 heavy (non-hydrogen) atoms. The summed E-state index contributed by atoms with van der Waals surface area (Å²) >= 11 is 3.21.